The number of allylic oxidation sites excluding steroid dienone is 7. The number of aliphatic hydroxyl groups excluding tert-OH is 1. The van der Waals surface area contributed by atoms with Crippen LogP contribution in [0.5, 0.6) is 0 Å². The van der Waals surface area contributed by atoms with E-state index >= 15 is 0 Å². The number of hydrogen-bond acceptors (Lipinski definition) is 4. The third-order valence-electron chi connectivity index (χ3n) is 10.1. The summed E-state index contributed by atoms with van der Waals surface area (Å²) in [5, 5.41) is 21.3. The standard InChI is InChI=1S/C28H42O4Si/c1-18-15-23-21-10-9-19-16-20(32-33(7,8)25(2,3)4)11-13-26(19,5)22(21)12-14-27(23,6)28(18,31)24(30)17-29/h9,11-13,16,18,21,23,29,31H,10,14-15,17H2,1-8H3/t18?,21-,23+,26+,27+,28+/m1/s1. The highest BCUT2D eigenvalue weighted by molar-refractivity contribution is 6.74. The maximum absolute atomic E-state index is 12.7. The Bertz CT molecular complexity index is 980. The SMILES string of the molecule is CC1C[C@H]2[C@@H]3CC=C4C=C(O[Si](C)(C)C(C)(C)C)C=C[C@]4(C)C3=CC[C@]2(C)[C@@]1(O)C(=O)CO. The predicted octanol–water partition coefficient (Wildman–Crippen LogP) is 5.70. The lowest BCUT2D eigenvalue weighted by Gasteiger charge is -2.52. The fourth-order valence-corrected chi connectivity index (χ4v) is 7.88. The van der Waals surface area contributed by atoms with Gasteiger partial charge in [0, 0.05) is 10.8 Å². The monoisotopic (exact) mass is 470 g/mol. The van der Waals surface area contributed by atoms with Crippen LogP contribution in [0, 0.1) is 28.6 Å². The minimum atomic E-state index is -1.92. The van der Waals surface area contributed by atoms with Crippen LogP contribution in [0.2, 0.25) is 18.1 Å². The number of rotatable bonds is 4. The Labute approximate surface area is 200 Å². The van der Waals surface area contributed by atoms with E-state index in [0.29, 0.717) is 12.3 Å². The van der Waals surface area contributed by atoms with Crippen molar-refractivity contribution in [2.75, 3.05) is 6.61 Å². The average molecular weight is 471 g/mol. The minimum Gasteiger partial charge on any atom is -0.544 e. The molecule has 0 radical (unpaired) electrons. The summed E-state index contributed by atoms with van der Waals surface area (Å²) in [6, 6.07) is 0. The van der Waals surface area contributed by atoms with Gasteiger partial charge in [-0.1, -0.05) is 58.4 Å². The summed E-state index contributed by atoms with van der Waals surface area (Å²) in [4.78, 5) is 12.7. The van der Waals surface area contributed by atoms with Gasteiger partial charge in [-0.25, -0.2) is 0 Å². The van der Waals surface area contributed by atoms with E-state index in [4.69, 9.17) is 4.43 Å². The molecule has 4 rings (SSSR count). The average Bonchev–Trinajstić information content (AvgIpc) is 2.94. The van der Waals surface area contributed by atoms with Crippen molar-refractivity contribution in [2.24, 2.45) is 28.6 Å². The molecule has 6 atom stereocenters. The van der Waals surface area contributed by atoms with Gasteiger partial charge in [0.2, 0.25) is 8.32 Å². The Morgan fingerprint density at radius 1 is 1.24 bits per heavy atom. The lowest BCUT2D eigenvalue weighted by Crippen LogP contribution is -2.57. The highest BCUT2D eigenvalue weighted by atomic mass is 28.4. The van der Waals surface area contributed by atoms with Gasteiger partial charge < -0.3 is 14.6 Å². The molecule has 1 saturated carbocycles. The van der Waals surface area contributed by atoms with E-state index in [-0.39, 0.29) is 22.3 Å². The van der Waals surface area contributed by atoms with Crippen molar-refractivity contribution in [1.82, 2.24) is 0 Å². The fourth-order valence-electron chi connectivity index (χ4n) is 6.86. The maximum Gasteiger partial charge on any atom is 0.250 e. The number of ketones is 1. The molecule has 1 unspecified atom stereocenters. The fraction of sp³-hybridized carbons (Fsp3) is 0.679. The van der Waals surface area contributed by atoms with Crippen molar-refractivity contribution in [3.05, 3.63) is 47.3 Å². The van der Waals surface area contributed by atoms with Crippen LogP contribution < -0.4 is 0 Å². The number of aliphatic hydroxyl groups is 2. The number of Topliss-reactive ketones (excluding diaryl/α,β-unsaturated/α-hetero) is 1. The van der Waals surface area contributed by atoms with Gasteiger partial charge in [0.1, 0.15) is 18.0 Å². The zero-order chi connectivity index (χ0) is 24.6. The molecule has 0 aromatic carbocycles. The quantitative estimate of drug-likeness (QED) is 0.409. The third kappa shape index (κ3) is 3.33. The normalized spacial score (nSPS) is 40.2. The molecule has 0 saturated heterocycles. The van der Waals surface area contributed by atoms with Crippen molar-refractivity contribution in [1.29, 1.82) is 0 Å². The topological polar surface area (TPSA) is 66.8 Å². The zero-order valence-corrected chi connectivity index (χ0v) is 22.7. The molecule has 4 aliphatic carbocycles. The summed E-state index contributed by atoms with van der Waals surface area (Å²) in [7, 11) is -1.92. The highest BCUT2D eigenvalue weighted by Crippen LogP contribution is 2.65. The molecule has 0 spiro atoms. The van der Waals surface area contributed by atoms with E-state index in [1.165, 1.54) is 11.1 Å². The Morgan fingerprint density at radius 2 is 1.91 bits per heavy atom. The molecule has 0 aromatic rings. The summed E-state index contributed by atoms with van der Waals surface area (Å²) in [6.07, 6.45) is 13.7. The van der Waals surface area contributed by atoms with Gasteiger partial charge in [0.15, 0.2) is 5.78 Å². The second-order valence-electron chi connectivity index (χ2n) is 12.8. The summed E-state index contributed by atoms with van der Waals surface area (Å²) in [5.74, 6) is 0.876. The largest absolute Gasteiger partial charge is 0.544 e. The molecule has 2 N–H and O–H groups in total. The second kappa shape index (κ2) is 7.53. The van der Waals surface area contributed by atoms with E-state index in [1.54, 1.807) is 0 Å². The van der Waals surface area contributed by atoms with Crippen molar-refractivity contribution in [3.8, 4) is 0 Å². The zero-order valence-electron chi connectivity index (χ0n) is 21.7. The first-order valence-corrected chi connectivity index (χ1v) is 15.4. The molecule has 5 heteroatoms. The molecule has 182 valence electrons. The number of hydrogen-bond donors (Lipinski definition) is 2. The summed E-state index contributed by atoms with van der Waals surface area (Å²) in [5.41, 5.74) is 0.501. The second-order valence-corrected chi connectivity index (χ2v) is 17.5. The molecular weight excluding hydrogens is 428 g/mol. The van der Waals surface area contributed by atoms with Gasteiger partial charge in [-0.05, 0) is 79.8 Å². The van der Waals surface area contributed by atoms with Crippen molar-refractivity contribution < 1.29 is 19.4 Å². The third-order valence-corrected chi connectivity index (χ3v) is 14.4. The van der Waals surface area contributed by atoms with Gasteiger partial charge in [-0.2, -0.15) is 0 Å². The van der Waals surface area contributed by atoms with Gasteiger partial charge in [-0.3, -0.25) is 4.79 Å². The predicted molar refractivity (Wildman–Crippen MR) is 135 cm³/mol. The molecule has 0 aromatic heterocycles. The molecule has 0 amide bonds. The van der Waals surface area contributed by atoms with Crippen LogP contribution in [0.4, 0.5) is 0 Å². The van der Waals surface area contributed by atoms with Gasteiger partial charge >= 0.3 is 0 Å². The lowest BCUT2D eigenvalue weighted by molar-refractivity contribution is -0.161. The molecule has 33 heavy (non-hydrogen) atoms. The molecule has 0 aliphatic heterocycles. The highest BCUT2D eigenvalue weighted by Gasteiger charge is 2.66. The van der Waals surface area contributed by atoms with Crippen LogP contribution in [0.3, 0.4) is 0 Å². The van der Waals surface area contributed by atoms with Gasteiger partial charge in [0.05, 0.1) is 0 Å². The van der Waals surface area contributed by atoms with E-state index in [9.17, 15) is 15.0 Å². The molecule has 0 heterocycles. The minimum absolute atomic E-state index is 0.146. The molecule has 1 fully saturated rings. The summed E-state index contributed by atoms with van der Waals surface area (Å²) >= 11 is 0. The van der Waals surface area contributed by atoms with E-state index in [0.717, 1.165) is 18.6 Å². The van der Waals surface area contributed by atoms with Crippen LogP contribution in [-0.2, 0) is 9.22 Å². The van der Waals surface area contributed by atoms with Crippen LogP contribution in [0.25, 0.3) is 0 Å². The van der Waals surface area contributed by atoms with Crippen molar-refractivity contribution in [3.63, 3.8) is 0 Å². The first kappa shape index (κ1) is 24.7. The van der Waals surface area contributed by atoms with Crippen LogP contribution in [0.15, 0.2) is 47.3 Å². The van der Waals surface area contributed by atoms with E-state index < -0.39 is 31.7 Å². The van der Waals surface area contributed by atoms with E-state index in [1.807, 2.05) is 6.92 Å². The summed E-state index contributed by atoms with van der Waals surface area (Å²) < 4.78 is 6.60. The molecule has 0 bridgehead atoms. The Balaban J connectivity index is 1.67. The van der Waals surface area contributed by atoms with Crippen LogP contribution in [-0.4, -0.2) is 36.5 Å². The molecule has 4 aliphatic rings. The number of fused-ring (bicyclic) bond motifs is 5. The van der Waals surface area contributed by atoms with Gasteiger partial charge in [0.25, 0.3) is 0 Å². The molecular formula is C28H42O4Si. The Hall–Kier alpha value is -1.43. The number of carbonyl (C=O) groups excluding carboxylic acids is 1. The Kier molecular flexibility index (Phi) is 5.63. The van der Waals surface area contributed by atoms with Crippen molar-refractivity contribution in [2.45, 2.75) is 84.5 Å². The van der Waals surface area contributed by atoms with Gasteiger partial charge in [-0.15, -0.1) is 0 Å². The van der Waals surface area contributed by atoms with Crippen molar-refractivity contribution >= 4 is 14.1 Å². The summed E-state index contributed by atoms with van der Waals surface area (Å²) in [6.45, 7) is 17.1. The smallest absolute Gasteiger partial charge is 0.250 e. The Morgan fingerprint density at radius 3 is 2.52 bits per heavy atom. The first-order valence-electron chi connectivity index (χ1n) is 12.5. The lowest BCUT2D eigenvalue weighted by atomic mass is 9.52. The molecule has 4 nitrogen and oxygen atoms in total. The van der Waals surface area contributed by atoms with Crippen LogP contribution in [0.1, 0.15) is 60.8 Å². The van der Waals surface area contributed by atoms with E-state index in [2.05, 4.69) is 78.1 Å². The van der Waals surface area contributed by atoms with Crippen LogP contribution >= 0.6 is 0 Å². The number of carbonyl (C=O) groups is 1. The maximum atomic E-state index is 12.7. The first-order chi connectivity index (χ1) is 15.1.